The molecule has 1 aromatic heterocycles. The predicted molar refractivity (Wildman–Crippen MR) is 97.0 cm³/mol. The number of nitrogens with one attached hydrogen (secondary N) is 1. The van der Waals surface area contributed by atoms with E-state index in [1.807, 2.05) is 0 Å². The SMILES string of the molecule is CCCS(=N)(=O)c1nc(N)c2c(n1)N(Cc1ccc(Cl)c(F)c1)C(=O)C2. The Morgan fingerprint density at radius 1 is 1.42 bits per heavy atom. The summed E-state index contributed by atoms with van der Waals surface area (Å²) in [5.41, 5.74) is 6.86. The monoisotopic (exact) mass is 397 g/mol. The van der Waals surface area contributed by atoms with E-state index in [4.69, 9.17) is 22.1 Å². The normalized spacial score (nSPS) is 15.8. The molecule has 10 heteroatoms. The molecule has 1 aliphatic rings. The van der Waals surface area contributed by atoms with Crippen LogP contribution in [0.1, 0.15) is 24.5 Å². The summed E-state index contributed by atoms with van der Waals surface area (Å²) in [5, 5.41) is -0.193. The summed E-state index contributed by atoms with van der Waals surface area (Å²) in [6.07, 6.45) is 0.528. The van der Waals surface area contributed by atoms with E-state index >= 15 is 0 Å². The summed E-state index contributed by atoms with van der Waals surface area (Å²) < 4.78 is 34.2. The molecule has 3 N–H and O–H groups in total. The maximum atomic E-state index is 13.7. The zero-order valence-corrected chi connectivity index (χ0v) is 15.5. The number of amides is 1. The van der Waals surface area contributed by atoms with Crippen LogP contribution < -0.4 is 10.6 Å². The number of benzene rings is 1. The minimum absolute atomic E-state index is 0.00445. The molecule has 1 unspecified atom stereocenters. The number of nitrogens with zero attached hydrogens (tertiary/aromatic N) is 3. The van der Waals surface area contributed by atoms with E-state index in [1.165, 1.54) is 17.0 Å². The van der Waals surface area contributed by atoms with Crippen LogP contribution >= 0.6 is 11.6 Å². The lowest BCUT2D eigenvalue weighted by atomic mass is 10.2. The van der Waals surface area contributed by atoms with Gasteiger partial charge in [0.2, 0.25) is 11.1 Å². The topological polar surface area (TPSA) is 113 Å². The van der Waals surface area contributed by atoms with Gasteiger partial charge in [0.05, 0.1) is 18.0 Å². The number of rotatable bonds is 5. The van der Waals surface area contributed by atoms with Crippen LogP contribution in [0, 0.1) is 10.6 Å². The number of nitrogens with two attached hydrogens (primary N) is 1. The Morgan fingerprint density at radius 2 is 2.15 bits per heavy atom. The van der Waals surface area contributed by atoms with Gasteiger partial charge in [-0.15, -0.1) is 0 Å². The Morgan fingerprint density at radius 3 is 2.81 bits per heavy atom. The molecule has 1 atom stereocenters. The first kappa shape index (κ1) is 18.5. The fraction of sp³-hybridized carbons (Fsp3) is 0.312. The lowest BCUT2D eigenvalue weighted by molar-refractivity contribution is -0.117. The predicted octanol–water partition coefficient (Wildman–Crippen LogP) is 2.76. The molecular formula is C16H17ClFN5O2S. The van der Waals surface area contributed by atoms with Crippen molar-refractivity contribution in [3.05, 3.63) is 40.2 Å². The van der Waals surface area contributed by atoms with Gasteiger partial charge in [0.25, 0.3) is 0 Å². The van der Waals surface area contributed by atoms with Crippen LogP contribution in [0.2, 0.25) is 5.02 Å². The lowest BCUT2D eigenvalue weighted by Gasteiger charge is -2.18. The van der Waals surface area contributed by atoms with Crippen molar-refractivity contribution in [3.63, 3.8) is 0 Å². The van der Waals surface area contributed by atoms with E-state index in [0.717, 1.165) is 0 Å². The highest BCUT2D eigenvalue weighted by Gasteiger charge is 2.33. The van der Waals surface area contributed by atoms with Gasteiger partial charge in [0, 0.05) is 11.3 Å². The number of halogens is 2. The molecule has 0 bridgehead atoms. The van der Waals surface area contributed by atoms with Gasteiger partial charge in [0.15, 0.2) is 0 Å². The van der Waals surface area contributed by atoms with Crippen molar-refractivity contribution in [1.29, 1.82) is 4.78 Å². The number of aromatic nitrogens is 2. The zero-order valence-electron chi connectivity index (χ0n) is 14.0. The maximum Gasteiger partial charge on any atom is 0.233 e. The number of anilines is 2. The minimum Gasteiger partial charge on any atom is -0.383 e. The van der Waals surface area contributed by atoms with E-state index in [1.54, 1.807) is 13.0 Å². The number of carbonyl (C=O) groups is 1. The van der Waals surface area contributed by atoms with E-state index < -0.39 is 15.5 Å². The van der Waals surface area contributed by atoms with E-state index in [9.17, 15) is 13.4 Å². The zero-order chi connectivity index (χ0) is 19.1. The highest BCUT2D eigenvalue weighted by Crippen LogP contribution is 2.33. The fourth-order valence-electron chi connectivity index (χ4n) is 2.74. The Bertz CT molecular complexity index is 996. The van der Waals surface area contributed by atoms with Crippen LogP contribution in [0.15, 0.2) is 23.4 Å². The first-order valence-electron chi connectivity index (χ1n) is 7.90. The molecule has 3 rings (SSSR count). The summed E-state index contributed by atoms with van der Waals surface area (Å²) in [4.78, 5) is 21.9. The molecule has 0 fully saturated rings. The van der Waals surface area contributed by atoms with Gasteiger partial charge in [-0.2, -0.15) is 0 Å². The molecule has 7 nitrogen and oxygen atoms in total. The Labute approximate surface area is 155 Å². The Balaban J connectivity index is 2.02. The molecule has 2 aromatic rings. The van der Waals surface area contributed by atoms with Crippen molar-refractivity contribution in [1.82, 2.24) is 9.97 Å². The minimum atomic E-state index is -3.20. The maximum absolute atomic E-state index is 13.7. The highest BCUT2D eigenvalue weighted by molar-refractivity contribution is 7.92. The molecule has 0 spiro atoms. The number of hydrogen-bond donors (Lipinski definition) is 2. The third-order valence-electron chi connectivity index (χ3n) is 3.99. The van der Waals surface area contributed by atoms with Crippen molar-refractivity contribution in [2.75, 3.05) is 16.4 Å². The van der Waals surface area contributed by atoms with Crippen LogP contribution in [0.25, 0.3) is 0 Å². The molecule has 0 aliphatic carbocycles. The van der Waals surface area contributed by atoms with Gasteiger partial charge in [-0.05, 0) is 24.1 Å². The van der Waals surface area contributed by atoms with Crippen LogP contribution in [0.4, 0.5) is 16.0 Å². The van der Waals surface area contributed by atoms with Crippen LogP contribution in [-0.2, 0) is 27.5 Å². The van der Waals surface area contributed by atoms with Gasteiger partial charge in [-0.3, -0.25) is 9.69 Å². The highest BCUT2D eigenvalue weighted by atomic mass is 35.5. The van der Waals surface area contributed by atoms with Gasteiger partial charge >= 0.3 is 0 Å². The van der Waals surface area contributed by atoms with Crippen LogP contribution in [0.5, 0.6) is 0 Å². The van der Waals surface area contributed by atoms with Crippen molar-refractivity contribution in [2.24, 2.45) is 0 Å². The molecule has 0 saturated heterocycles. The molecule has 138 valence electrons. The van der Waals surface area contributed by atoms with E-state index in [0.29, 0.717) is 17.5 Å². The Kier molecular flexibility index (Phi) is 4.85. The molecule has 0 radical (unpaired) electrons. The summed E-state index contributed by atoms with van der Waals surface area (Å²) in [6, 6.07) is 4.25. The number of nitrogen functional groups attached to an aromatic ring is 1. The summed E-state index contributed by atoms with van der Waals surface area (Å²) in [6.45, 7) is 1.86. The van der Waals surface area contributed by atoms with Crippen molar-refractivity contribution < 1.29 is 13.4 Å². The fourth-order valence-corrected chi connectivity index (χ4v) is 4.09. The third-order valence-corrected chi connectivity index (χ3v) is 6.05. The summed E-state index contributed by atoms with van der Waals surface area (Å²) in [7, 11) is -3.20. The van der Waals surface area contributed by atoms with Crippen molar-refractivity contribution in [2.45, 2.75) is 31.5 Å². The number of carbonyl (C=O) groups excluding carboxylic acids is 1. The van der Waals surface area contributed by atoms with Crippen molar-refractivity contribution in [3.8, 4) is 0 Å². The summed E-state index contributed by atoms with van der Waals surface area (Å²) >= 11 is 5.68. The van der Waals surface area contributed by atoms with E-state index in [-0.39, 0.29) is 46.4 Å². The molecule has 0 saturated carbocycles. The number of hydrogen-bond acceptors (Lipinski definition) is 6. The first-order valence-corrected chi connectivity index (χ1v) is 10.0. The summed E-state index contributed by atoms with van der Waals surface area (Å²) in [5.74, 6) is -0.499. The quantitative estimate of drug-likeness (QED) is 0.753. The average molecular weight is 398 g/mol. The molecule has 1 aromatic carbocycles. The smallest absolute Gasteiger partial charge is 0.233 e. The first-order chi connectivity index (χ1) is 12.2. The van der Waals surface area contributed by atoms with E-state index in [2.05, 4.69) is 9.97 Å². The second-order valence-electron chi connectivity index (χ2n) is 5.98. The standard InChI is InChI=1S/C16H17ClFN5O2S/c1-2-5-26(20,25)16-21-14(19)10-7-13(24)23(15(10)22-16)8-9-3-4-11(17)12(18)6-9/h3-4,6,20H,2,5,7-8H2,1H3,(H2,19,21,22). The lowest BCUT2D eigenvalue weighted by Crippen LogP contribution is -2.27. The molecule has 1 aliphatic heterocycles. The average Bonchev–Trinajstić information content (AvgIpc) is 2.88. The number of fused-ring (bicyclic) bond motifs is 1. The van der Waals surface area contributed by atoms with Crippen LogP contribution in [0.3, 0.4) is 0 Å². The largest absolute Gasteiger partial charge is 0.383 e. The van der Waals surface area contributed by atoms with Gasteiger partial charge in [-0.25, -0.2) is 23.3 Å². The van der Waals surface area contributed by atoms with Crippen molar-refractivity contribution >= 4 is 38.9 Å². The third kappa shape index (κ3) is 3.36. The van der Waals surface area contributed by atoms with Gasteiger partial charge in [0.1, 0.15) is 27.2 Å². The molecular weight excluding hydrogens is 381 g/mol. The molecule has 2 heterocycles. The Hall–Kier alpha value is -2.26. The van der Waals surface area contributed by atoms with Gasteiger partial charge < -0.3 is 5.73 Å². The molecule has 1 amide bonds. The second-order valence-corrected chi connectivity index (χ2v) is 8.51. The molecule has 26 heavy (non-hydrogen) atoms. The second kappa shape index (κ2) is 6.81. The van der Waals surface area contributed by atoms with Crippen LogP contribution in [-0.4, -0.2) is 25.8 Å². The van der Waals surface area contributed by atoms with Gasteiger partial charge in [-0.1, -0.05) is 24.6 Å².